The Kier molecular flexibility index (Phi) is 3.34. The van der Waals surface area contributed by atoms with E-state index in [9.17, 15) is 9.90 Å². The summed E-state index contributed by atoms with van der Waals surface area (Å²) in [4.78, 5) is 12.2. The predicted octanol–water partition coefficient (Wildman–Crippen LogP) is 1.38. The number of carbonyl (C=O) groups is 1. The van der Waals surface area contributed by atoms with E-state index in [1.165, 1.54) is 12.7 Å². The van der Waals surface area contributed by atoms with Crippen LogP contribution >= 0.6 is 0 Å². The van der Waals surface area contributed by atoms with Gasteiger partial charge in [-0.1, -0.05) is 11.6 Å². The van der Waals surface area contributed by atoms with Crippen molar-refractivity contribution < 1.29 is 24.1 Å². The third kappa shape index (κ3) is 1.95. The van der Waals surface area contributed by atoms with Crippen molar-refractivity contribution in [2.24, 2.45) is 0 Å². The molecule has 0 bridgehead atoms. The second-order valence-electron chi connectivity index (χ2n) is 6.86. The lowest BCUT2D eigenvalue weighted by atomic mass is 9.65. The number of methoxy groups -OCH3 is 1. The van der Waals surface area contributed by atoms with Crippen molar-refractivity contribution in [3.63, 3.8) is 0 Å². The first-order chi connectivity index (χ1) is 9.81. The van der Waals surface area contributed by atoms with Gasteiger partial charge in [-0.2, -0.15) is 0 Å². The largest absolute Gasteiger partial charge is 0.380 e. The fourth-order valence-electron chi connectivity index (χ4n) is 3.80. The molecule has 1 saturated carbocycles. The van der Waals surface area contributed by atoms with Crippen LogP contribution in [-0.4, -0.2) is 53.6 Å². The highest BCUT2D eigenvalue weighted by Crippen LogP contribution is 2.61. The van der Waals surface area contributed by atoms with Gasteiger partial charge in [0, 0.05) is 13.5 Å². The molecule has 0 amide bonds. The van der Waals surface area contributed by atoms with Gasteiger partial charge >= 0.3 is 0 Å². The van der Waals surface area contributed by atoms with Gasteiger partial charge in [-0.25, -0.2) is 0 Å². The average Bonchev–Trinajstić information content (AvgIpc) is 3.31. The van der Waals surface area contributed by atoms with Crippen LogP contribution in [0.2, 0.25) is 0 Å². The predicted molar refractivity (Wildman–Crippen MR) is 76.0 cm³/mol. The molecular weight excluding hydrogens is 272 g/mol. The summed E-state index contributed by atoms with van der Waals surface area (Å²) in [7, 11) is 1.46. The Labute approximate surface area is 125 Å². The van der Waals surface area contributed by atoms with Gasteiger partial charge in [-0.15, -0.1) is 0 Å². The van der Waals surface area contributed by atoms with E-state index < -0.39 is 22.9 Å². The summed E-state index contributed by atoms with van der Waals surface area (Å²) >= 11 is 0. The maximum absolute atomic E-state index is 12.2. The zero-order chi connectivity index (χ0) is 15.5. The normalized spacial score (nSPS) is 48.3. The maximum Gasteiger partial charge on any atom is 0.164 e. The number of hydrogen-bond acceptors (Lipinski definition) is 5. The Morgan fingerprint density at radius 2 is 2.19 bits per heavy atom. The molecule has 5 nitrogen and oxygen atoms in total. The first-order valence-corrected chi connectivity index (χ1v) is 7.54. The minimum atomic E-state index is -1.41. The number of allylic oxidation sites excluding steroid dienone is 1. The Balaban J connectivity index is 1.90. The number of ether oxygens (including phenoxy) is 3. The van der Waals surface area contributed by atoms with Gasteiger partial charge in [0.05, 0.1) is 12.7 Å². The Morgan fingerprint density at radius 3 is 2.71 bits per heavy atom. The first kappa shape index (κ1) is 15.2. The molecule has 5 atom stereocenters. The lowest BCUT2D eigenvalue weighted by Crippen LogP contribution is -2.69. The van der Waals surface area contributed by atoms with Crippen LogP contribution in [0.1, 0.15) is 40.0 Å². The smallest absolute Gasteiger partial charge is 0.164 e. The number of epoxide rings is 2. The summed E-state index contributed by atoms with van der Waals surface area (Å²) < 4.78 is 16.8. The zero-order valence-electron chi connectivity index (χ0n) is 13.1. The SMILES string of the molecule is CO[C@@H]1C(=O)CC[C@@]2(CO2)[C@]1(O)[C@@]1(C)O[C@H]1CC=C(C)C. The average molecular weight is 296 g/mol. The van der Waals surface area contributed by atoms with Crippen molar-refractivity contribution in [2.45, 2.75) is 69.0 Å². The minimum absolute atomic E-state index is 0.0705. The quantitative estimate of drug-likeness (QED) is 0.627. The van der Waals surface area contributed by atoms with Crippen molar-refractivity contribution in [2.75, 3.05) is 13.7 Å². The van der Waals surface area contributed by atoms with Gasteiger partial charge in [-0.3, -0.25) is 4.79 Å². The van der Waals surface area contributed by atoms with Crippen molar-refractivity contribution in [3.05, 3.63) is 11.6 Å². The number of ketones is 1. The topological polar surface area (TPSA) is 71.6 Å². The van der Waals surface area contributed by atoms with Crippen LogP contribution in [0, 0.1) is 0 Å². The molecule has 2 aliphatic heterocycles. The first-order valence-electron chi connectivity index (χ1n) is 7.54. The maximum atomic E-state index is 12.2. The minimum Gasteiger partial charge on any atom is -0.380 e. The molecule has 0 unspecified atom stereocenters. The molecule has 0 aromatic rings. The molecule has 1 spiro atoms. The molecule has 5 heteroatoms. The van der Waals surface area contributed by atoms with E-state index in [4.69, 9.17) is 14.2 Å². The Bertz CT molecular complexity index is 491. The van der Waals surface area contributed by atoms with Crippen molar-refractivity contribution in [1.82, 2.24) is 0 Å². The van der Waals surface area contributed by atoms with Gasteiger partial charge in [0.2, 0.25) is 0 Å². The molecule has 3 fully saturated rings. The lowest BCUT2D eigenvalue weighted by Gasteiger charge is -2.45. The van der Waals surface area contributed by atoms with Crippen LogP contribution in [0.25, 0.3) is 0 Å². The molecule has 2 heterocycles. The lowest BCUT2D eigenvalue weighted by molar-refractivity contribution is -0.193. The summed E-state index contributed by atoms with van der Waals surface area (Å²) in [6, 6.07) is 0. The van der Waals surface area contributed by atoms with Crippen LogP contribution in [0.4, 0.5) is 0 Å². The molecule has 21 heavy (non-hydrogen) atoms. The molecule has 2 saturated heterocycles. The second kappa shape index (κ2) is 4.62. The van der Waals surface area contributed by atoms with Gasteiger partial charge in [0.25, 0.3) is 0 Å². The van der Waals surface area contributed by atoms with Crippen molar-refractivity contribution >= 4 is 5.78 Å². The molecule has 0 aromatic carbocycles. The molecule has 1 N–H and O–H groups in total. The van der Waals surface area contributed by atoms with Crippen molar-refractivity contribution in [1.29, 1.82) is 0 Å². The summed E-state index contributed by atoms with van der Waals surface area (Å²) in [5, 5.41) is 11.4. The number of Topliss-reactive ketones (excluding diaryl/α,β-unsaturated/α-hetero) is 1. The highest BCUT2D eigenvalue weighted by Gasteiger charge is 2.81. The van der Waals surface area contributed by atoms with E-state index in [2.05, 4.69) is 6.08 Å². The number of hydrogen-bond donors (Lipinski definition) is 1. The van der Waals surface area contributed by atoms with Crippen LogP contribution in [0.5, 0.6) is 0 Å². The molecule has 118 valence electrons. The molecule has 3 rings (SSSR count). The summed E-state index contributed by atoms with van der Waals surface area (Å²) in [6.07, 6.45) is 2.75. The molecule has 1 aliphatic carbocycles. The van der Waals surface area contributed by atoms with Gasteiger partial charge < -0.3 is 19.3 Å². The van der Waals surface area contributed by atoms with E-state index in [1.54, 1.807) is 0 Å². The third-order valence-electron chi connectivity index (χ3n) is 5.31. The summed E-state index contributed by atoms with van der Waals surface area (Å²) in [5.41, 5.74) is -1.69. The van der Waals surface area contributed by atoms with Crippen LogP contribution in [-0.2, 0) is 19.0 Å². The number of carbonyl (C=O) groups excluding carboxylic acids is 1. The Morgan fingerprint density at radius 1 is 1.52 bits per heavy atom. The highest BCUT2D eigenvalue weighted by molar-refractivity contribution is 5.87. The van der Waals surface area contributed by atoms with Crippen LogP contribution in [0.15, 0.2) is 11.6 Å². The van der Waals surface area contributed by atoms with Crippen LogP contribution < -0.4 is 0 Å². The number of rotatable bonds is 4. The summed E-state index contributed by atoms with van der Waals surface area (Å²) in [6.45, 7) is 6.39. The standard InChI is InChI=1S/C16H24O5/c1-10(2)5-6-12-14(3,21-12)16(18)13(19-4)11(17)7-8-15(16)9-20-15/h5,12-13,18H,6-9H2,1-4H3/t12-,13+,14-,15+,16+/m0/s1. The molecule has 0 aromatic heterocycles. The fourth-order valence-corrected chi connectivity index (χ4v) is 3.80. The number of aliphatic hydroxyl groups is 1. The van der Waals surface area contributed by atoms with Gasteiger partial charge in [0.15, 0.2) is 11.4 Å². The van der Waals surface area contributed by atoms with Gasteiger partial charge in [0.1, 0.15) is 17.3 Å². The van der Waals surface area contributed by atoms with E-state index >= 15 is 0 Å². The highest BCUT2D eigenvalue weighted by atomic mass is 16.7. The fraction of sp³-hybridized carbons (Fsp3) is 0.812. The molecule has 0 radical (unpaired) electrons. The van der Waals surface area contributed by atoms with Crippen LogP contribution in [0.3, 0.4) is 0 Å². The van der Waals surface area contributed by atoms with E-state index in [1.807, 2.05) is 20.8 Å². The second-order valence-corrected chi connectivity index (χ2v) is 6.86. The monoisotopic (exact) mass is 296 g/mol. The van der Waals surface area contributed by atoms with Crippen molar-refractivity contribution in [3.8, 4) is 0 Å². The van der Waals surface area contributed by atoms with E-state index in [0.717, 1.165) is 6.42 Å². The third-order valence-corrected chi connectivity index (χ3v) is 5.31. The molecular formula is C16H24O5. The van der Waals surface area contributed by atoms with E-state index in [-0.39, 0.29) is 11.9 Å². The summed E-state index contributed by atoms with van der Waals surface area (Å²) in [5.74, 6) is -0.0705. The van der Waals surface area contributed by atoms with E-state index in [0.29, 0.717) is 19.4 Å². The van der Waals surface area contributed by atoms with Gasteiger partial charge in [-0.05, 0) is 33.6 Å². The molecule has 3 aliphatic rings. The zero-order valence-corrected chi connectivity index (χ0v) is 13.1. The Hall–Kier alpha value is -0.750.